The molecule has 0 aliphatic heterocycles. The zero-order valence-electron chi connectivity index (χ0n) is 16.4. The normalized spacial score (nSPS) is 14.2. The van der Waals surface area contributed by atoms with Crippen LogP contribution in [-0.2, 0) is 0 Å². The van der Waals surface area contributed by atoms with E-state index in [1.54, 1.807) is 18.2 Å². The molecule has 150 valence electrons. The van der Waals surface area contributed by atoms with Crippen LogP contribution in [0.25, 0.3) is 0 Å². The Morgan fingerprint density at radius 2 is 1.54 bits per heavy atom. The molecule has 2 aromatic rings. The van der Waals surface area contributed by atoms with E-state index in [2.05, 4.69) is 20.8 Å². The van der Waals surface area contributed by atoms with E-state index in [4.69, 9.17) is 14.2 Å². The van der Waals surface area contributed by atoms with Crippen LogP contribution in [0.1, 0.15) is 42.5 Å². The van der Waals surface area contributed by atoms with Crippen molar-refractivity contribution in [1.82, 2.24) is 10.2 Å². The molecule has 1 aliphatic carbocycles. The van der Waals surface area contributed by atoms with Gasteiger partial charge in [0.25, 0.3) is 5.91 Å². The Balaban J connectivity index is 1.68. The zero-order chi connectivity index (χ0) is 19.9. The topological polar surface area (TPSA) is 94.6 Å². The van der Waals surface area contributed by atoms with Gasteiger partial charge in [-0.1, -0.05) is 19.3 Å². The summed E-state index contributed by atoms with van der Waals surface area (Å²) in [4.78, 5) is 12.6. The minimum absolute atomic E-state index is 0.346. The highest BCUT2D eigenvalue weighted by Gasteiger charge is 2.18. The Morgan fingerprint density at radius 1 is 0.929 bits per heavy atom. The average molecular weight is 386 g/mol. The van der Waals surface area contributed by atoms with E-state index in [1.807, 2.05) is 6.07 Å². The van der Waals surface area contributed by atoms with Gasteiger partial charge in [0.1, 0.15) is 5.82 Å². The van der Waals surface area contributed by atoms with Gasteiger partial charge in [0.2, 0.25) is 5.75 Å². The Labute approximate surface area is 164 Å². The quantitative estimate of drug-likeness (QED) is 0.752. The van der Waals surface area contributed by atoms with Crippen molar-refractivity contribution in [2.75, 3.05) is 32.0 Å². The van der Waals surface area contributed by atoms with E-state index in [0.717, 1.165) is 18.7 Å². The van der Waals surface area contributed by atoms with Crippen LogP contribution in [0.5, 0.6) is 17.2 Å². The number of nitrogens with one attached hydrogen (secondary N) is 2. The highest BCUT2D eigenvalue weighted by atomic mass is 16.5. The predicted octanol–water partition coefficient (Wildman–Crippen LogP) is 3.50. The number of nitrogens with zero attached hydrogens (tertiary/aromatic N) is 2. The molecule has 8 nitrogen and oxygen atoms in total. The van der Waals surface area contributed by atoms with Gasteiger partial charge in [-0.2, -0.15) is 0 Å². The standard InChI is InChI=1S/C20H26N4O4/c1-26-15-11-13(12-16(27-2)19(15)28-3)20(25)22-18-10-9-17(23-24-18)21-14-7-5-4-6-8-14/h9-12,14H,4-8H2,1-3H3,(H,21,23)(H,22,24,25). The minimum atomic E-state index is -0.346. The second-order valence-electron chi connectivity index (χ2n) is 6.65. The number of hydrogen-bond acceptors (Lipinski definition) is 7. The molecule has 1 amide bonds. The number of methoxy groups -OCH3 is 3. The molecule has 0 bridgehead atoms. The van der Waals surface area contributed by atoms with E-state index >= 15 is 0 Å². The van der Waals surface area contributed by atoms with Crippen molar-refractivity contribution in [3.63, 3.8) is 0 Å². The molecule has 28 heavy (non-hydrogen) atoms. The Kier molecular flexibility index (Phi) is 6.52. The van der Waals surface area contributed by atoms with Crippen LogP contribution in [0, 0.1) is 0 Å². The number of carbonyl (C=O) groups excluding carboxylic acids is 1. The SMILES string of the molecule is COc1cc(C(=O)Nc2ccc(NC3CCCCC3)nn2)cc(OC)c1OC. The van der Waals surface area contributed by atoms with Gasteiger partial charge in [-0.3, -0.25) is 4.79 Å². The Morgan fingerprint density at radius 3 is 2.07 bits per heavy atom. The minimum Gasteiger partial charge on any atom is -0.493 e. The smallest absolute Gasteiger partial charge is 0.257 e. The van der Waals surface area contributed by atoms with Crippen LogP contribution in [0.4, 0.5) is 11.6 Å². The number of anilines is 2. The summed E-state index contributed by atoms with van der Waals surface area (Å²) in [6.07, 6.45) is 6.10. The van der Waals surface area contributed by atoms with Gasteiger partial charge < -0.3 is 24.8 Å². The third-order valence-corrected chi connectivity index (χ3v) is 4.79. The predicted molar refractivity (Wildman–Crippen MR) is 107 cm³/mol. The van der Waals surface area contributed by atoms with E-state index < -0.39 is 0 Å². The first kappa shape index (κ1) is 19.7. The summed E-state index contributed by atoms with van der Waals surface area (Å²) in [5.74, 6) is 1.99. The Bertz CT molecular complexity index is 779. The van der Waals surface area contributed by atoms with Crippen LogP contribution < -0.4 is 24.8 Å². The number of aromatic nitrogens is 2. The van der Waals surface area contributed by atoms with E-state index in [1.165, 1.54) is 40.6 Å². The van der Waals surface area contributed by atoms with Crippen LogP contribution >= 0.6 is 0 Å². The first-order valence-electron chi connectivity index (χ1n) is 9.36. The molecule has 3 rings (SSSR count). The lowest BCUT2D eigenvalue weighted by Crippen LogP contribution is -2.23. The van der Waals surface area contributed by atoms with Gasteiger partial charge >= 0.3 is 0 Å². The van der Waals surface area contributed by atoms with Gasteiger partial charge in [0.15, 0.2) is 17.3 Å². The molecule has 1 heterocycles. The van der Waals surface area contributed by atoms with Gasteiger partial charge in [-0.05, 0) is 37.1 Å². The molecular weight excluding hydrogens is 360 g/mol. The fraction of sp³-hybridized carbons (Fsp3) is 0.450. The number of hydrogen-bond donors (Lipinski definition) is 2. The fourth-order valence-corrected chi connectivity index (χ4v) is 3.33. The third kappa shape index (κ3) is 4.62. The summed E-state index contributed by atoms with van der Waals surface area (Å²) in [5.41, 5.74) is 0.362. The van der Waals surface area contributed by atoms with Crippen LogP contribution in [0.15, 0.2) is 24.3 Å². The Hall–Kier alpha value is -3.03. The van der Waals surface area contributed by atoms with Crippen molar-refractivity contribution in [2.45, 2.75) is 38.1 Å². The van der Waals surface area contributed by atoms with Gasteiger partial charge in [0, 0.05) is 11.6 Å². The average Bonchev–Trinajstić information content (AvgIpc) is 2.74. The number of carbonyl (C=O) groups is 1. The molecule has 0 atom stereocenters. The zero-order valence-corrected chi connectivity index (χ0v) is 16.4. The van der Waals surface area contributed by atoms with Crippen molar-refractivity contribution < 1.29 is 19.0 Å². The molecule has 0 spiro atoms. The molecule has 1 aliphatic rings. The summed E-state index contributed by atoms with van der Waals surface area (Å²) in [7, 11) is 4.52. The van der Waals surface area contributed by atoms with E-state index in [-0.39, 0.29) is 5.91 Å². The summed E-state index contributed by atoms with van der Waals surface area (Å²) >= 11 is 0. The van der Waals surface area contributed by atoms with E-state index in [9.17, 15) is 4.79 Å². The highest BCUT2D eigenvalue weighted by Crippen LogP contribution is 2.38. The van der Waals surface area contributed by atoms with Crippen LogP contribution in [-0.4, -0.2) is 43.5 Å². The molecule has 0 radical (unpaired) electrons. The fourth-order valence-electron chi connectivity index (χ4n) is 3.33. The summed E-state index contributed by atoms with van der Waals surface area (Å²) in [6.45, 7) is 0. The van der Waals surface area contributed by atoms with E-state index in [0.29, 0.717) is 34.7 Å². The maximum Gasteiger partial charge on any atom is 0.257 e. The number of rotatable bonds is 7. The molecule has 1 aromatic carbocycles. The number of ether oxygens (including phenoxy) is 3. The van der Waals surface area contributed by atoms with Gasteiger partial charge in [-0.15, -0.1) is 10.2 Å². The summed E-state index contributed by atoms with van der Waals surface area (Å²) in [6, 6.07) is 7.18. The lowest BCUT2D eigenvalue weighted by Gasteiger charge is -2.22. The molecule has 1 fully saturated rings. The van der Waals surface area contributed by atoms with Gasteiger partial charge in [0.05, 0.1) is 21.3 Å². The molecule has 1 aromatic heterocycles. The maximum absolute atomic E-state index is 12.6. The molecular formula is C20H26N4O4. The number of benzene rings is 1. The summed E-state index contributed by atoms with van der Waals surface area (Å²) < 4.78 is 15.8. The van der Waals surface area contributed by atoms with Crippen LogP contribution in [0.3, 0.4) is 0 Å². The lowest BCUT2D eigenvalue weighted by atomic mass is 9.95. The van der Waals surface area contributed by atoms with Crippen molar-refractivity contribution in [1.29, 1.82) is 0 Å². The third-order valence-electron chi connectivity index (χ3n) is 4.79. The first-order valence-corrected chi connectivity index (χ1v) is 9.36. The monoisotopic (exact) mass is 386 g/mol. The van der Waals surface area contributed by atoms with Crippen molar-refractivity contribution in [2.24, 2.45) is 0 Å². The second kappa shape index (κ2) is 9.25. The highest BCUT2D eigenvalue weighted by molar-refractivity contribution is 6.04. The van der Waals surface area contributed by atoms with Crippen molar-refractivity contribution >= 4 is 17.5 Å². The largest absolute Gasteiger partial charge is 0.493 e. The van der Waals surface area contributed by atoms with Crippen molar-refractivity contribution in [3.8, 4) is 17.2 Å². The molecule has 8 heteroatoms. The maximum atomic E-state index is 12.6. The first-order chi connectivity index (χ1) is 13.6. The lowest BCUT2D eigenvalue weighted by molar-refractivity contribution is 0.102. The molecule has 0 unspecified atom stereocenters. The summed E-state index contributed by atoms with van der Waals surface area (Å²) in [5, 5.41) is 14.4. The van der Waals surface area contributed by atoms with Gasteiger partial charge in [-0.25, -0.2) is 0 Å². The van der Waals surface area contributed by atoms with Crippen LogP contribution in [0.2, 0.25) is 0 Å². The second-order valence-corrected chi connectivity index (χ2v) is 6.65. The molecule has 2 N–H and O–H groups in total. The number of amides is 1. The molecule has 0 saturated heterocycles. The molecule has 1 saturated carbocycles. The van der Waals surface area contributed by atoms with Crippen molar-refractivity contribution in [3.05, 3.63) is 29.8 Å².